The van der Waals surface area contributed by atoms with Gasteiger partial charge in [-0.2, -0.15) is 0 Å². The van der Waals surface area contributed by atoms with Gasteiger partial charge in [-0.1, -0.05) is 6.92 Å². The Kier molecular flexibility index (Phi) is 4.25. The number of aromatic amines is 1. The van der Waals surface area contributed by atoms with E-state index in [1.165, 1.54) is 12.8 Å². The van der Waals surface area contributed by atoms with Gasteiger partial charge in [0.25, 0.3) is 0 Å². The van der Waals surface area contributed by atoms with Crippen LogP contribution in [0.1, 0.15) is 38.6 Å². The highest BCUT2D eigenvalue weighted by atomic mass is 16.5. The molecule has 1 aliphatic heterocycles. The van der Waals surface area contributed by atoms with E-state index in [1.807, 2.05) is 12.1 Å². The van der Waals surface area contributed by atoms with Crippen molar-refractivity contribution in [1.82, 2.24) is 14.9 Å². The topological polar surface area (TPSA) is 50.4 Å². The number of fused-ring (bicyclic) bond motifs is 1. The molecular formula is C17H25N3O2. The van der Waals surface area contributed by atoms with Gasteiger partial charge in [0.15, 0.2) is 11.5 Å². The summed E-state index contributed by atoms with van der Waals surface area (Å²) in [7, 11) is 3.30. The van der Waals surface area contributed by atoms with Gasteiger partial charge in [0.05, 0.1) is 31.3 Å². The third-order valence-electron chi connectivity index (χ3n) is 4.64. The van der Waals surface area contributed by atoms with Crippen LogP contribution in [0.4, 0.5) is 0 Å². The van der Waals surface area contributed by atoms with Gasteiger partial charge in [-0.25, -0.2) is 4.98 Å². The van der Waals surface area contributed by atoms with Crippen LogP contribution in [0.5, 0.6) is 11.5 Å². The van der Waals surface area contributed by atoms with Crippen molar-refractivity contribution in [3.63, 3.8) is 0 Å². The van der Waals surface area contributed by atoms with Crippen LogP contribution in [0.2, 0.25) is 0 Å². The van der Waals surface area contributed by atoms with Crippen molar-refractivity contribution in [2.24, 2.45) is 5.92 Å². The van der Waals surface area contributed by atoms with E-state index in [1.54, 1.807) is 14.2 Å². The Morgan fingerprint density at radius 3 is 2.68 bits per heavy atom. The van der Waals surface area contributed by atoms with Gasteiger partial charge in [0, 0.05) is 18.7 Å². The van der Waals surface area contributed by atoms with Crippen LogP contribution in [0.15, 0.2) is 12.1 Å². The van der Waals surface area contributed by atoms with Crippen LogP contribution in [-0.2, 0) is 0 Å². The Balaban J connectivity index is 1.90. The summed E-state index contributed by atoms with van der Waals surface area (Å²) in [5.41, 5.74) is 1.91. The summed E-state index contributed by atoms with van der Waals surface area (Å²) in [6.45, 7) is 6.84. The second-order valence-electron chi connectivity index (χ2n) is 6.26. The Morgan fingerprint density at radius 2 is 2.00 bits per heavy atom. The maximum Gasteiger partial charge on any atom is 0.163 e. The number of piperidine rings is 1. The summed E-state index contributed by atoms with van der Waals surface area (Å²) < 4.78 is 10.7. The smallest absolute Gasteiger partial charge is 0.163 e. The van der Waals surface area contributed by atoms with Crippen LogP contribution in [0.25, 0.3) is 11.0 Å². The molecule has 120 valence electrons. The quantitative estimate of drug-likeness (QED) is 0.941. The summed E-state index contributed by atoms with van der Waals surface area (Å²) in [6.07, 6.45) is 2.60. The average molecular weight is 303 g/mol. The lowest BCUT2D eigenvalue weighted by Gasteiger charge is -2.34. The third kappa shape index (κ3) is 2.77. The number of methoxy groups -OCH3 is 2. The molecule has 1 saturated heterocycles. The number of likely N-dealkylation sites (tertiary alicyclic amines) is 1. The standard InChI is InChI=1S/C17H25N3O2/c1-11-6-5-7-20(10-11)12(2)17-18-13-8-15(21-3)16(22-4)9-14(13)19-17/h8-9,11-12H,5-7,10H2,1-4H3,(H,18,19). The second kappa shape index (κ2) is 6.16. The first-order chi connectivity index (χ1) is 10.6. The summed E-state index contributed by atoms with van der Waals surface area (Å²) in [5.74, 6) is 3.22. The first kappa shape index (κ1) is 15.2. The van der Waals surface area contributed by atoms with E-state index in [0.717, 1.165) is 41.6 Å². The largest absolute Gasteiger partial charge is 0.493 e. The number of ether oxygens (including phenoxy) is 2. The molecule has 0 bridgehead atoms. The number of imidazole rings is 1. The molecule has 2 atom stereocenters. The molecule has 0 aliphatic carbocycles. The first-order valence-corrected chi connectivity index (χ1v) is 7.98. The van der Waals surface area contributed by atoms with Crippen LogP contribution in [0, 0.1) is 5.92 Å². The SMILES string of the molecule is COc1cc2nc(C(C)N3CCCC(C)C3)[nH]c2cc1OC. The Labute approximate surface area is 131 Å². The Bertz CT molecular complexity index is 612. The highest BCUT2D eigenvalue weighted by Gasteiger charge is 2.24. The van der Waals surface area contributed by atoms with Gasteiger partial charge in [-0.05, 0) is 32.2 Å². The van der Waals surface area contributed by atoms with E-state index in [4.69, 9.17) is 14.5 Å². The molecular weight excluding hydrogens is 278 g/mol. The van der Waals surface area contributed by atoms with Gasteiger partial charge < -0.3 is 14.5 Å². The fraction of sp³-hybridized carbons (Fsp3) is 0.588. The van der Waals surface area contributed by atoms with Crippen molar-refractivity contribution < 1.29 is 9.47 Å². The summed E-state index contributed by atoms with van der Waals surface area (Å²) in [6, 6.07) is 4.18. The number of hydrogen-bond donors (Lipinski definition) is 1. The zero-order valence-corrected chi connectivity index (χ0v) is 13.8. The normalized spacial score (nSPS) is 21.0. The van der Waals surface area contributed by atoms with Gasteiger partial charge in [-0.15, -0.1) is 0 Å². The molecule has 0 saturated carbocycles. The summed E-state index contributed by atoms with van der Waals surface area (Å²) in [5, 5.41) is 0. The van der Waals surface area contributed by atoms with Crippen molar-refractivity contribution in [2.75, 3.05) is 27.3 Å². The molecule has 0 spiro atoms. The molecule has 0 radical (unpaired) electrons. The maximum atomic E-state index is 5.36. The van der Waals surface area contributed by atoms with Crippen LogP contribution < -0.4 is 9.47 Å². The molecule has 1 aromatic heterocycles. The first-order valence-electron chi connectivity index (χ1n) is 7.98. The number of aromatic nitrogens is 2. The monoisotopic (exact) mass is 303 g/mol. The number of rotatable bonds is 4. The minimum absolute atomic E-state index is 0.298. The van der Waals surface area contributed by atoms with Crippen LogP contribution in [-0.4, -0.2) is 42.2 Å². The van der Waals surface area contributed by atoms with Crippen LogP contribution >= 0.6 is 0 Å². The number of nitrogens with one attached hydrogen (secondary N) is 1. The zero-order chi connectivity index (χ0) is 15.7. The van der Waals surface area contributed by atoms with Crippen molar-refractivity contribution >= 4 is 11.0 Å². The van der Waals surface area contributed by atoms with Crippen LogP contribution in [0.3, 0.4) is 0 Å². The van der Waals surface area contributed by atoms with Crippen molar-refractivity contribution in [3.05, 3.63) is 18.0 Å². The van der Waals surface area contributed by atoms with Gasteiger partial charge >= 0.3 is 0 Å². The minimum atomic E-state index is 0.298. The zero-order valence-electron chi connectivity index (χ0n) is 13.8. The number of nitrogens with zero attached hydrogens (tertiary/aromatic N) is 2. The lowest BCUT2D eigenvalue weighted by atomic mass is 9.99. The molecule has 1 aliphatic rings. The minimum Gasteiger partial charge on any atom is -0.493 e. The summed E-state index contributed by atoms with van der Waals surface area (Å²) in [4.78, 5) is 10.7. The molecule has 2 unspecified atom stereocenters. The predicted molar refractivity (Wildman–Crippen MR) is 87.6 cm³/mol. The van der Waals surface area contributed by atoms with E-state index in [9.17, 15) is 0 Å². The third-order valence-corrected chi connectivity index (χ3v) is 4.64. The number of H-pyrrole nitrogens is 1. The van der Waals surface area contributed by atoms with Crippen molar-refractivity contribution in [1.29, 1.82) is 0 Å². The molecule has 2 heterocycles. The molecule has 2 aromatic rings. The fourth-order valence-electron chi connectivity index (χ4n) is 3.30. The second-order valence-corrected chi connectivity index (χ2v) is 6.26. The molecule has 3 rings (SSSR count). The highest BCUT2D eigenvalue weighted by Crippen LogP contribution is 2.33. The van der Waals surface area contributed by atoms with Gasteiger partial charge in [0.2, 0.25) is 0 Å². The highest BCUT2D eigenvalue weighted by molar-refractivity contribution is 5.79. The molecule has 5 heteroatoms. The lowest BCUT2D eigenvalue weighted by Crippen LogP contribution is -2.36. The van der Waals surface area contributed by atoms with Gasteiger partial charge in [0.1, 0.15) is 5.82 Å². The average Bonchev–Trinajstić information content (AvgIpc) is 2.95. The van der Waals surface area contributed by atoms with Gasteiger partial charge in [-0.3, -0.25) is 4.90 Å². The van der Waals surface area contributed by atoms with E-state index in [-0.39, 0.29) is 0 Å². The molecule has 22 heavy (non-hydrogen) atoms. The van der Waals surface area contributed by atoms with E-state index in [0.29, 0.717) is 11.8 Å². The molecule has 1 aromatic carbocycles. The number of benzene rings is 1. The summed E-state index contributed by atoms with van der Waals surface area (Å²) >= 11 is 0. The Morgan fingerprint density at radius 1 is 1.27 bits per heavy atom. The Hall–Kier alpha value is -1.75. The molecule has 1 N–H and O–H groups in total. The lowest BCUT2D eigenvalue weighted by molar-refractivity contribution is 0.135. The molecule has 1 fully saturated rings. The van der Waals surface area contributed by atoms with E-state index in [2.05, 4.69) is 23.7 Å². The van der Waals surface area contributed by atoms with E-state index < -0.39 is 0 Å². The molecule has 5 nitrogen and oxygen atoms in total. The number of hydrogen-bond acceptors (Lipinski definition) is 4. The fourth-order valence-corrected chi connectivity index (χ4v) is 3.30. The maximum absolute atomic E-state index is 5.36. The van der Waals surface area contributed by atoms with E-state index >= 15 is 0 Å². The van der Waals surface area contributed by atoms with Crippen molar-refractivity contribution in [2.45, 2.75) is 32.7 Å². The molecule has 0 amide bonds. The van der Waals surface area contributed by atoms with Crippen molar-refractivity contribution in [3.8, 4) is 11.5 Å². The predicted octanol–water partition coefficient (Wildman–Crippen LogP) is 3.37.